The van der Waals surface area contributed by atoms with Crippen molar-refractivity contribution in [2.75, 3.05) is 26.3 Å². The van der Waals surface area contributed by atoms with E-state index in [2.05, 4.69) is 15.6 Å². The van der Waals surface area contributed by atoms with Crippen LogP contribution < -0.4 is 15.4 Å². The van der Waals surface area contributed by atoms with Gasteiger partial charge < -0.3 is 24.8 Å². The van der Waals surface area contributed by atoms with Crippen molar-refractivity contribution in [3.63, 3.8) is 0 Å². The SMILES string of the molecule is CC(C)(C)OC(=O)NCCCNC(=O)c1ccc(OC2CCOCC2)nc1. The number of hydrogen-bond acceptors (Lipinski definition) is 6. The summed E-state index contributed by atoms with van der Waals surface area (Å²) in [5.41, 5.74) is -0.0548. The van der Waals surface area contributed by atoms with Gasteiger partial charge in [-0.3, -0.25) is 4.79 Å². The first-order valence-corrected chi connectivity index (χ1v) is 9.29. The minimum absolute atomic E-state index is 0.114. The molecule has 8 nitrogen and oxygen atoms in total. The normalized spacial score (nSPS) is 15.1. The molecule has 1 aliphatic heterocycles. The molecular weight excluding hydrogens is 350 g/mol. The van der Waals surface area contributed by atoms with Crippen LogP contribution in [0, 0.1) is 0 Å². The largest absolute Gasteiger partial charge is 0.474 e. The summed E-state index contributed by atoms with van der Waals surface area (Å²) in [5.74, 6) is 0.303. The Kier molecular flexibility index (Phi) is 7.84. The van der Waals surface area contributed by atoms with E-state index in [0.29, 0.717) is 44.2 Å². The molecule has 0 bridgehead atoms. The van der Waals surface area contributed by atoms with Crippen LogP contribution in [0.15, 0.2) is 18.3 Å². The van der Waals surface area contributed by atoms with Gasteiger partial charge in [0.25, 0.3) is 5.91 Å². The smallest absolute Gasteiger partial charge is 0.407 e. The Hall–Kier alpha value is -2.35. The summed E-state index contributed by atoms with van der Waals surface area (Å²) in [5, 5.41) is 5.44. The molecule has 0 saturated carbocycles. The van der Waals surface area contributed by atoms with E-state index < -0.39 is 11.7 Å². The first kappa shape index (κ1) is 21.0. The van der Waals surface area contributed by atoms with E-state index in [0.717, 1.165) is 12.8 Å². The summed E-state index contributed by atoms with van der Waals surface area (Å²) in [6, 6.07) is 3.39. The summed E-state index contributed by atoms with van der Waals surface area (Å²) in [7, 11) is 0. The molecule has 1 fully saturated rings. The standard InChI is InChI=1S/C19H29N3O5/c1-19(2,3)27-18(24)21-10-4-9-20-17(23)14-5-6-16(22-13-14)26-15-7-11-25-12-8-15/h5-6,13,15H,4,7-12H2,1-3H3,(H,20,23)(H,21,24). The monoisotopic (exact) mass is 379 g/mol. The molecule has 0 aromatic carbocycles. The Morgan fingerprint density at radius 2 is 1.89 bits per heavy atom. The average Bonchev–Trinajstić information content (AvgIpc) is 2.61. The van der Waals surface area contributed by atoms with Gasteiger partial charge in [0.05, 0.1) is 18.8 Å². The number of hydrogen-bond donors (Lipinski definition) is 2. The minimum atomic E-state index is -0.522. The van der Waals surface area contributed by atoms with E-state index in [1.54, 1.807) is 32.9 Å². The lowest BCUT2D eigenvalue weighted by molar-refractivity contribution is 0.0237. The fraction of sp³-hybridized carbons (Fsp3) is 0.632. The molecule has 1 saturated heterocycles. The van der Waals surface area contributed by atoms with E-state index in [4.69, 9.17) is 14.2 Å². The number of carbonyl (C=O) groups excluding carboxylic acids is 2. The third kappa shape index (κ3) is 8.25. The molecular formula is C19H29N3O5. The highest BCUT2D eigenvalue weighted by molar-refractivity contribution is 5.93. The Morgan fingerprint density at radius 3 is 2.52 bits per heavy atom. The zero-order valence-electron chi connectivity index (χ0n) is 16.2. The lowest BCUT2D eigenvalue weighted by Crippen LogP contribution is -2.34. The molecule has 0 spiro atoms. The van der Waals surface area contributed by atoms with Crippen LogP contribution >= 0.6 is 0 Å². The fourth-order valence-electron chi connectivity index (χ4n) is 2.45. The van der Waals surface area contributed by atoms with E-state index in [1.165, 1.54) is 6.20 Å². The molecule has 1 aromatic rings. The highest BCUT2D eigenvalue weighted by Crippen LogP contribution is 2.16. The molecule has 27 heavy (non-hydrogen) atoms. The van der Waals surface area contributed by atoms with Gasteiger partial charge in [-0.25, -0.2) is 9.78 Å². The van der Waals surface area contributed by atoms with Crippen molar-refractivity contribution in [2.24, 2.45) is 0 Å². The number of rotatable bonds is 7. The number of alkyl carbamates (subject to hydrolysis) is 1. The van der Waals surface area contributed by atoms with Crippen LogP contribution in [0.2, 0.25) is 0 Å². The minimum Gasteiger partial charge on any atom is -0.474 e. The van der Waals surface area contributed by atoms with Gasteiger partial charge >= 0.3 is 6.09 Å². The average molecular weight is 379 g/mol. The van der Waals surface area contributed by atoms with Gasteiger partial charge in [0.15, 0.2) is 0 Å². The molecule has 2 amide bonds. The lowest BCUT2D eigenvalue weighted by atomic mass is 10.1. The number of nitrogens with one attached hydrogen (secondary N) is 2. The number of carbonyl (C=O) groups is 2. The van der Waals surface area contributed by atoms with E-state index in [9.17, 15) is 9.59 Å². The summed E-state index contributed by atoms with van der Waals surface area (Å²) in [6.07, 6.45) is 3.45. The van der Waals surface area contributed by atoms with Crippen molar-refractivity contribution in [3.8, 4) is 5.88 Å². The first-order valence-electron chi connectivity index (χ1n) is 9.29. The van der Waals surface area contributed by atoms with E-state index >= 15 is 0 Å². The molecule has 2 heterocycles. The molecule has 0 atom stereocenters. The second kappa shape index (κ2) is 10.1. The van der Waals surface area contributed by atoms with Crippen molar-refractivity contribution in [1.29, 1.82) is 0 Å². The highest BCUT2D eigenvalue weighted by Gasteiger charge is 2.17. The number of ether oxygens (including phenoxy) is 3. The third-order valence-corrected chi connectivity index (χ3v) is 3.76. The van der Waals surface area contributed by atoms with Gasteiger partial charge in [0.2, 0.25) is 5.88 Å². The van der Waals surface area contributed by atoms with Crippen LogP contribution in [-0.2, 0) is 9.47 Å². The number of nitrogens with zero attached hydrogens (tertiary/aromatic N) is 1. The molecule has 1 aromatic heterocycles. The predicted molar refractivity (Wildman–Crippen MR) is 99.9 cm³/mol. The molecule has 2 rings (SSSR count). The van der Waals surface area contributed by atoms with Gasteiger partial charge in [-0.1, -0.05) is 0 Å². The van der Waals surface area contributed by atoms with Crippen LogP contribution in [0.4, 0.5) is 4.79 Å². The van der Waals surface area contributed by atoms with Gasteiger partial charge in [0, 0.05) is 38.2 Å². The van der Waals surface area contributed by atoms with Crippen molar-refractivity contribution in [2.45, 2.75) is 51.7 Å². The summed E-state index contributed by atoms with van der Waals surface area (Å²) >= 11 is 0. The third-order valence-electron chi connectivity index (χ3n) is 3.76. The second-order valence-corrected chi connectivity index (χ2v) is 7.35. The predicted octanol–water partition coefficient (Wildman–Crippen LogP) is 2.28. The Morgan fingerprint density at radius 1 is 1.19 bits per heavy atom. The summed E-state index contributed by atoms with van der Waals surface area (Å²) in [4.78, 5) is 27.8. The molecule has 0 aliphatic carbocycles. The maximum absolute atomic E-state index is 12.1. The summed E-state index contributed by atoms with van der Waals surface area (Å²) in [6.45, 7) is 7.68. The van der Waals surface area contributed by atoms with Crippen molar-refractivity contribution < 1.29 is 23.8 Å². The van der Waals surface area contributed by atoms with Crippen molar-refractivity contribution >= 4 is 12.0 Å². The molecule has 1 aliphatic rings. The number of aromatic nitrogens is 1. The second-order valence-electron chi connectivity index (χ2n) is 7.35. The van der Waals surface area contributed by atoms with Gasteiger partial charge in [-0.2, -0.15) is 0 Å². The van der Waals surface area contributed by atoms with Crippen LogP contribution in [-0.4, -0.2) is 55.0 Å². The number of amides is 2. The molecule has 150 valence electrons. The van der Waals surface area contributed by atoms with Gasteiger partial charge in [-0.05, 0) is 33.3 Å². The van der Waals surface area contributed by atoms with E-state index in [1.807, 2.05) is 0 Å². The van der Waals surface area contributed by atoms with Crippen LogP contribution in [0.3, 0.4) is 0 Å². The van der Waals surface area contributed by atoms with Gasteiger partial charge in [0.1, 0.15) is 11.7 Å². The van der Waals surface area contributed by atoms with Crippen molar-refractivity contribution in [3.05, 3.63) is 23.9 Å². The van der Waals surface area contributed by atoms with Crippen LogP contribution in [0.25, 0.3) is 0 Å². The maximum Gasteiger partial charge on any atom is 0.407 e. The molecule has 8 heteroatoms. The fourth-order valence-corrected chi connectivity index (χ4v) is 2.45. The van der Waals surface area contributed by atoms with Crippen LogP contribution in [0.5, 0.6) is 5.88 Å². The van der Waals surface area contributed by atoms with Gasteiger partial charge in [-0.15, -0.1) is 0 Å². The molecule has 0 radical (unpaired) electrons. The zero-order chi connectivity index (χ0) is 19.7. The Labute approximate surface area is 160 Å². The topological polar surface area (TPSA) is 98.8 Å². The molecule has 2 N–H and O–H groups in total. The van der Waals surface area contributed by atoms with E-state index in [-0.39, 0.29) is 12.0 Å². The molecule has 0 unspecified atom stereocenters. The Balaban J connectivity index is 1.64. The Bertz CT molecular complexity index is 607. The lowest BCUT2D eigenvalue weighted by Gasteiger charge is -2.22. The number of pyridine rings is 1. The van der Waals surface area contributed by atoms with Crippen molar-refractivity contribution in [1.82, 2.24) is 15.6 Å². The van der Waals surface area contributed by atoms with Crippen LogP contribution in [0.1, 0.15) is 50.4 Å². The first-order chi connectivity index (χ1) is 12.8. The maximum atomic E-state index is 12.1. The summed E-state index contributed by atoms with van der Waals surface area (Å²) < 4.78 is 16.2. The highest BCUT2D eigenvalue weighted by atomic mass is 16.6. The quantitative estimate of drug-likeness (QED) is 0.705. The zero-order valence-corrected chi connectivity index (χ0v) is 16.2.